The fraction of sp³-hybridized carbons (Fsp3) is 0.214. The molecule has 0 N–H and O–H groups in total. The van der Waals surface area contributed by atoms with Crippen LogP contribution in [0.25, 0.3) is 21.9 Å². The molecule has 0 aliphatic rings. The molecule has 0 amide bonds. The molecule has 4 rings (SSSR count). The van der Waals surface area contributed by atoms with E-state index in [1.807, 2.05) is 18.2 Å². The van der Waals surface area contributed by atoms with Crippen LogP contribution in [-0.2, 0) is 19.3 Å². The molecule has 4 aromatic carbocycles. The van der Waals surface area contributed by atoms with Crippen LogP contribution in [-0.4, -0.2) is 12.8 Å². The third-order valence-electron chi connectivity index (χ3n) is 5.80. The van der Waals surface area contributed by atoms with Gasteiger partial charge in [-0.25, -0.2) is 8.78 Å². The van der Waals surface area contributed by atoms with E-state index in [1.54, 1.807) is 12.1 Å². The van der Waals surface area contributed by atoms with Crippen molar-refractivity contribution in [2.75, 3.05) is 6.61 Å². The van der Waals surface area contributed by atoms with E-state index in [4.69, 9.17) is 0 Å². The summed E-state index contributed by atoms with van der Waals surface area (Å²) in [6.45, 7) is 0.543. The lowest BCUT2D eigenvalue weighted by molar-refractivity contribution is -0.153. The molecule has 0 radical (unpaired) electrons. The zero-order valence-electron chi connectivity index (χ0n) is 18.6. The van der Waals surface area contributed by atoms with Gasteiger partial charge in [-0.05, 0) is 70.7 Å². The van der Waals surface area contributed by atoms with Crippen LogP contribution in [0.1, 0.15) is 23.6 Å². The summed E-state index contributed by atoms with van der Waals surface area (Å²) in [5, 5.41) is 1.30. The Bertz CT molecular complexity index is 1290. The second-order valence-corrected chi connectivity index (χ2v) is 8.19. The topological polar surface area (TPSA) is 9.23 Å². The molecule has 1 nitrogen and oxygen atoms in total. The van der Waals surface area contributed by atoms with Crippen LogP contribution in [0.15, 0.2) is 72.8 Å². The highest BCUT2D eigenvalue weighted by Gasteiger charge is 2.29. The lowest BCUT2D eigenvalue weighted by Gasteiger charge is -2.11. The minimum absolute atomic E-state index is 0.323. The van der Waals surface area contributed by atoms with E-state index in [2.05, 4.69) is 35.9 Å². The summed E-state index contributed by atoms with van der Waals surface area (Å²) in [5.74, 6) is -1.66. The van der Waals surface area contributed by atoms with Gasteiger partial charge in [0.15, 0.2) is 18.2 Å². The molecule has 0 saturated heterocycles. The maximum Gasteiger partial charge on any atom is 0.422 e. The zero-order chi connectivity index (χ0) is 24.3. The van der Waals surface area contributed by atoms with Gasteiger partial charge in [0.25, 0.3) is 0 Å². The summed E-state index contributed by atoms with van der Waals surface area (Å²) in [6.07, 6.45) is -2.92. The van der Waals surface area contributed by atoms with Gasteiger partial charge in [0.05, 0.1) is 0 Å². The third-order valence-corrected chi connectivity index (χ3v) is 5.80. The highest BCUT2D eigenvalue weighted by Crippen LogP contribution is 2.29. The van der Waals surface area contributed by atoms with Crippen molar-refractivity contribution in [3.63, 3.8) is 0 Å². The Balaban J connectivity index is 1.48. The second kappa shape index (κ2) is 9.84. The monoisotopic (exact) mass is 470 g/mol. The molecular formula is C28H23F5O. The smallest absolute Gasteiger partial charge is 0.422 e. The molecule has 4 aromatic rings. The number of aryl methyl sites for hydroxylation is 3. The molecule has 0 unspecified atom stereocenters. The van der Waals surface area contributed by atoms with Gasteiger partial charge in [-0.2, -0.15) is 13.2 Å². The molecule has 34 heavy (non-hydrogen) atoms. The lowest BCUT2D eigenvalue weighted by atomic mass is 9.96. The minimum Gasteiger partial charge on any atom is -0.481 e. The summed E-state index contributed by atoms with van der Waals surface area (Å²) in [7, 11) is 0. The Labute approximate surface area is 194 Å². The fourth-order valence-corrected chi connectivity index (χ4v) is 3.90. The summed E-state index contributed by atoms with van der Waals surface area (Å²) in [4.78, 5) is 0. The average Bonchev–Trinajstić information content (AvgIpc) is 2.82. The molecule has 0 atom stereocenters. The van der Waals surface area contributed by atoms with Gasteiger partial charge in [0.1, 0.15) is 5.82 Å². The number of benzene rings is 4. The Kier molecular flexibility index (Phi) is 6.87. The van der Waals surface area contributed by atoms with Gasteiger partial charge < -0.3 is 4.74 Å². The highest BCUT2D eigenvalue weighted by molar-refractivity contribution is 5.88. The number of hydrogen-bond donors (Lipinski definition) is 0. The van der Waals surface area contributed by atoms with Crippen molar-refractivity contribution >= 4 is 10.8 Å². The molecule has 0 aromatic heterocycles. The first-order valence-corrected chi connectivity index (χ1v) is 11.0. The summed E-state index contributed by atoms with van der Waals surface area (Å²) in [6, 6.07) is 21.3. The van der Waals surface area contributed by atoms with Gasteiger partial charge in [0.2, 0.25) is 0 Å². The maximum absolute atomic E-state index is 15.2. The number of hydrogen-bond acceptors (Lipinski definition) is 1. The van der Waals surface area contributed by atoms with Crippen molar-refractivity contribution in [1.29, 1.82) is 0 Å². The van der Waals surface area contributed by atoms with Crippen molar-refractivity contribution in [1.82, 2.24) is 0 Å². The highest BCUT2D eigenvalue weighted by atomic mass is 19.4. The van der Waals surface area contributed by atoms with Gasteiger partial charge in [-0.1, -0.05) is 61.5 Å². The molecule has 176 valence electrons. The van der Waals surface area contributed by atoms with Gasteiger partial charge in [-0.3, -0.25) is 0 Å². The molecule has 0 fully saturated rings. The Morgan fingerprint density at radius 3 is 2.12 bits per heavy atom. The minimum atomic E-state index is -4.54. The molecule has 0 heterocycles. The fourth-order valence-electron chi connectivity index (χ4n) is 3.90. The van der Waals surface area contributed by atoms with Gasteiger partial charge in [-0.15, -0.1) is 0 Å². The van der Waals surface area contributed by atoms with Crippen LogP contribution in [0, 0.1) is 11.6 Å². The standard InChI is InChI=1S/C28H23F5O/c1-2-18-3-7-20(8-4-18)22-12-13-24-23(16-22)11-10-21(27(24)30)9-5-19-6-14-26(25(29)15-19)34-17-28(31,32)33/h3-4,6-8,10-16H,2,5,9,17H2,1H3. The summed E-state index contributed by atoms with van der Waals surface area (Å²) in [5.41, 5.74) is 4.36. The molecule has 0 saturated carbocycles. The Hall–Kier alpha value is -3.41. The molecule has 0 aliphatic heterocycles. The predicted octanol–water partition coefficient (Wildman–Crippen LogP) is 8.07. The molecule has 0 bridgehead atoms. The van der Waals surface area contributed by atoms with Crippen molar-refractivity contribution in [3.05, 3.63) is 101 Å². The molecular weight excluding hydrogens is 447 g/mol. The number of alkyl halides is 3. The van der Waals surface area contributed by atoms with E-state index in [0.29, 0.717) is 29.4 Å². The van der Waals surface area contributed by atoms with Gasteiger partial charge >= 0.3 is 6.18 Å². The van der Waals surface area contributed by atoms with Crippen molar-refractivity contribution in [2.45, 2.75) is 32.4 Å². The zero-order valence-corrected chi connectivity index (χ0v) is 18.6. The van der Waals surface area contributed by atoms with E-state index < -0.39 is 24.3 Å². The molecule has 0 aliphatic carbocycles. The normalized spacial score (nSPS) is 11.7. The van der Waals surface area contributed by atoms with E-state index >= 15 is 4.39 Å². The van der Waals surface area contributed by atoms with Crippen molar-refractivity contribution in [3.8, 4) is 16.9 Å². The van der Waals surface area contributed by atoms with Crippen LogP contribution < -0.4 is 4.74 Å². The van der Waals surface area contributed by atoms with Crippen LogP contribution >= 0.6 is 0 Å². The molecule has 0 spiro atoms. The number of fused-ring (bicyclic) bond motifs is 1. The second-order valence-electron chi connectivity index (χ2n) is 8.19. The SMILES string of the molecule is CCc1ccc(-c2ccc3c(F)c(CCc4ccc(OCC(F)(F)F)c(F)c4)ccc3c2)cc1. The van der Waals surface area contributed by atoms with Crippen LogP contribution in [0.3, 0.4) is 0 Å². The largest absolute Gasteiger partial charge is 0.481 e. The van der Waals surface area contributed by atoms with Crippen molar-refractivity contribution < 1.29 is 26.7 Å². The average molecular weight is 470 g/mol. The summed E-state index contributed by atoms with van der Waals surface area (Å²) < 4.78 is 70.5. The Morgan fingerprint density at radius 1 is 0.735 bits per heavy atom. The number of halogens is 5. The first-order chi connectivity index (χ1) is 16.2. The number of ether oxygens (including phenoxy) is 1. The van der Waals surface area contributed by atoms with Gasteiger partial charge in [0, 0.05) is 5.39 Å². The summed E-state index contributed by atoms with van der Waals surface area (Å²) >= 11 is 0. The third kappa shape index (κ3) is 5.56. The first kappa shape index (κ1) is 23.7. The van der Waals surface area contributed by atoms with E-state index in [-0.39, 0.29) is 5.82 Å². The van der Waals surface area contributed by atoms with Crippen LogP contribution in [0.2, 0.25) is 0 Å². The Morgan fingerprint density at radius 2 is 1.44 bits per heavy atom. The van der Waals surface area contributed by atoms with Crippen LogP contribution in [0.5, 0.6) is 5.75 Å². The van der Waals surface area contributed by atoms with E-state index in [0.717, 1.165) is 29.0 Å². The molecule has 6 heteroatoms. The first-order valence-electron chi connectivity index (χ1n) is 11.0. The predicted molar refractivity (Wildman–Crippen MR) is 124 cm³/mol. The maximum atomic E-state index is 15.2. The van der Waals surface area contributed by atoms with E-state index in [9.17, 15) is 17.6 Å². The van der Waals surface area contributed by atoms with E-state index in [1.165, 1.54) is 17.7 Å². The van der Waals surface area contributed by atoms with Crippen molar-refractivity contribution in [2.24, 2.45) is 0 Å². The number of rotatable bonds is 7. The van der Waals surface area contributed by atoms with Crippen LogP contribution in [0.4, 0.5) is 22.0 Å². The lowest BCUT2D eigenvalue weighted by Crippen LogP contribution is -2.19. The quantitative estimate of drug-likeness (QED) is 0.248.